The Labute approximate surface area is 214 Å². The molecular weight excluding hydrogens is 452 g/mol. The van der Waals surface area contributed by atoms with Gasteiger partial charge in [0, 0.05) is 24.1 Å². The van der Waals surface area contributed by atoms with Gasteiger partial charge in [-0.3, -0.25) is 9.59 Å². The minimum Gasteiger partial charge on any atom is -0.497 e. The highest BCUT2D eigenvalue weighted by molar-refractivity contribution is 5.94. The second kappa shape index (κ2) is 11.0. The van der Waals surface area contributed by atoms with Crippen LogP contribution in [-0.2, 0) is 11.3 Å². The predicted molar refractivity (Wildman–Crippen MR) is 140 cm³/mol. The summed E-state index contributed by atoms with van der Waals surface area (Å²) in [5.74, 6) is 0.428. The lowest BCUT2D eigenvalue weighted by molar-refractivity contribution is -0.142. The molecule has 2 amide bonds. The third kappa shape index (κ3) is 5.44. The highest BCUT2D eigenvalue weighted by Crippen LogP contribution is 2.55. The van der Waals surface area contributed by atoms with Crippen molar-refractivity contribution >= 4 is 11.8 Å². The fraction of sp³-hybridized carbons (Fsp3) is 0.533. The lowest BCUT2D eigenvalue weighted by Gasteiger charge is -2.56. The number of carbonyl (C=O) groups excluding carboxylic acids is 2. The lowest BCUT2D eigenvalue weighted by atomic mass is 9.51. The van der Waals surface area contributed by atoms with Gasteiger partial charge in [-0.25, -0.2) is 0 Å². The van der Waals surface area contributed by atoms with Crippen molar-refractivity contribution in [1.29, 1.82) is 0 Å². The van der Waals surface area contributed by atoms with Crippen LogP contribution in [0.4, 0.5) is 0 Å². The van der Waals surface area contributed by atoms with Crippen LogP contribution in [0.3, 0.4) is 0 Å². The van der Waals surface area contributed by atoms with Crippen LogP contribution in [0.5, 0.6) is 5.75 Å². The average Bonchev–Trinajstić information content (AvgIpc) is 2.89. The van der Waals surface area contributed by atoms with Crippen molar-refractivity contribution in [3.63, 3.8) is 0 Å². The maximum absolute atomic E-state index is 13.1. The van der Waals surface area contributed by atoms with Gasteiger partial charge in [0.15, 0.2) is 0 Å². The van der Waals surface area contributed by atoms with Gasteiger partial charge in [-0.1, -0.05) is 51.1 Å². The molecule has 0 aliphatic heterocycles. The number of aliphatic hydroxyl groups excluding tert-OH is 1. The van der Waals surface area contributed by atoms with Crippen LogP contribution in [0, 0.1) is 29.1 Å². The van der Waals surface area contributed by atoms with Crippen molar-refractivity contribution < 1.29 is 19.4 Å². The number of methoxy groups -OCH3 is 1. The number of nitrogens with one attached hydrogen (secondary N) is 2. The third-order valence-electron chi connectivity index (χ3n) is 8.92. The first-order chi connectivity index (χ1) is 17.2. The molecule has 3 N–H and O–H groups in total. The molecule has 0 heterocycles. The van der Waals surface area contributed by atoms with E-state index in [1.54, 1.807) is 7.11 Å². The summed E-state index contributed by atoms with van der Waals surface area (Å²) in [5.41, 5.74) is 1.68. The van der Waals surface area contributed by atoms with E-state index in [9.17, 15) is 14.7 Å². The summed E-state index contributed by atoms with van der Waals surface area (Å²) >= 11 is 0. The number of rotatable bonds is 7. The molecule has 7 atom stereocenters. The maximum Gasteiger partial charge on any atom is 0.251 e. The number of aliphatic hydroxyl groups is 1. The third-order valence-corrected chi connectivity index (χ3v) is 8.92. The molecule has 6 nitrogen and oxygen atoms in total. The van der Waals surface area contributed by atoms with Crippen LogP contribution in [-0.4, -0.2) is 36.2 Å². The predicted octanol–water partition coefficient (Wildman–Crippen LogP) is 4.57. The Hall–Kier alpha value is -2.86. The highest BCUT2D eigenvalue weighted by atomic mass is 16.5. The SMILES string of the molecule is COc1ccc(CNC(=O)[C@@H](C)[C@H]2CC[C@@]3(C)CC[C@H](NC(=O)c4ccccc4)[C@@H](C)[C@@H]3[C@H]2O)cc1. The lowest BCUT2D eigenvalue weighted by Crippen LogP contribution is -2.58. The number of hydrogen-bond acceptors (Lipinski definition) is 4. The second-order valence-electron chi connectivity index (χ2n) is 11.1. The molecule has 0 bridgehead atoms. The molecule has 2 aliphatic carbocycles. The average molecular weight is 493 g/mol. The van der Waals surface area contributed by atoms with Crippen molar-refractivity contribution in [1.82, 2.24) is 10.6 Å². The Morgan fingerprint density at radius 2 is 1.75 bits per heavy atom. The van der Waals surface area contributed by atoms with Crippen LogP contribution in [0.15, 0.2) is 54.6 Å². The first-order valence-electron chi connectivity index (χ1n) is 13.2. The van der Waals surface area contributed by atoms with Gasteiger partial charge >= 0.3 is 0 Å². The van der Waals surface area contributed by atoms with E-state index in [-0.39, 0.29) is 46.9 Å². The zero-order valence-electron chi connectivity index (χ0n) is 21.9. The minimum absolute atomic E-state index is 0.00314. The molecule has 2 fully saturated rings. The van der Waals surface area contributed by atoms with E-state index in [0.717, 1.165) is 37.0 Å². The summed E-state index contributed by atoms with van der Waals surface area (Å²) < 4.78 is 5.20. The minimum atomic E-state index is -0.586. The summed E-state index contributed by atoms with van der Waals surface area (Å²) in [5, 5.41) is 17.9. The largest absolute Gasteiger partial charge is 0.497 e. The van der Waals surface area contributed by atoms with E-state index in [1.807, 2.05) is 61.5 Å². The number of fused-ring (bicyclic) bond motifs is 1. The quantitative estimate of drug-likeness (QED) is 0.528. The van der Waals surface area contributed by atoms with Crippen LogP contribution in [0.25, 0.3) is 0 Å². The van der Waals surface area contributed by atoms with Gasteiger partial charge in [0.2, 0.25) is 5.91 Å². The Morgan fingerprint density at radius 3 is 2.42 bits per heavy atom. The maximum atomic E-state index is 13.1. The van der Waals surface area contributed by atoms with E-state index < -0.39 is 6.10 Å². The van der Waals surface area contributed by atoms with Crippen LogP contribution in [0.1, 0.15) is 62.4 Å². The molecule has 4 rings (SSSR count). The first kappa shape index (κ1) is 26.2. The number of ether oxygens (including phenoxy) is 1. The highest BCUT2D eigenvalue weighted by Gasteiger charge is 2.53. The molecule has 2 aromatic carbocycles. The van der Waals surface area contributed by atoms with E-state index >= 15 is 0 Å². The smallest absolute Gasteiger partial charge is 0.251 e. The van der Waals surface area contributed by atoms with Crippen molar-refractivity contribution in [2.75, 3.05) is 7.11 Å². The molecule has 2 aromatic rings. The van der Waals surface area contributed by atoms with Gasteiger partial charge in [-0.05, 0) is 78.7 Å². The first-order valence-corrected chi connectivity index (χ1v) is 13.2. The van der Waals surface area contributed by atoms with Crippen LogP contribution in [0.2, 0.25) is 0 Å². The molecule has 2 saturated carbocycles. The molecular formula is C30H40N2O4. The number of carbonyl (C=O) groups is 2. The van der Waals surface area contributed by atoms with Gasteiger partial charge < -0.3 is 20.5 Å². The van der Waals surface area contributed by atoms with E-state index in [2.05, 4.69) is 24.5 Å². The van der Waals surface area contributed by atoms with E-state index in [4.69, 9.17) is 4.74 Å². The van der Waals surface area contributed by atoms with Gasteiger partial charge in [-0.15, -0.1) is 0 Å². The fourth-order valence-electron chi connectivity index (χ4n) is 6.63. The number of hydrogen-bond donors (Lipinski definition) is 3. The van der Waals surface area contributed by atoms with E-state index in [1.165, 1.54) is 0 Å². The van der Waals surface area contributed by atoms with Crippen molar-refractivity contribution in [3.8, 4) is 5.75 Å². The van der Waals surface area contributed by atoms with Gasteiger partial charge in [-0.2, -0.15) is 0 Å². The molecule has 0 aromatic heterocycles. The molecule has 194 valence electrons. The molecule has 2 aliphatic rings. The summed E-state index contributed by atoms with van der Waals surface area (Å²) in [4.78, 5) is 25.9. The molecule has 0 unspecified atom stereocenters. The second-order valence-corrected chi connectivity index (χ2v) is 11.1. The van der Waals surface area contributed by atoms with Crippen molar-refractivity contribution in [2.24, 2.45) is 29.1 Å². The summed E-state index contributed by atoms with van der Waals surface area (Å²) in [6.45, 7) is 6.80. The zero-order valence-corrected chi connectivity index (χ0v) is 21.9. The molecule has 6 heteroatoms. The fourth-order valence-corrected chi connectivity index (χ4v) is 6.63. The Bertz CT molecular complexity index is 1040. The Balaban J connectivity index is 1.40. The molecule has 36 heavy (non-hydrogen) atoms. The van der Waals surface area contributed by atoms with Crippen molar-refractivity contribution in [2.45, 2.75) is 65.1 Å². The van der Waals surface area contributed by atoms with Crippen LogP contribution < -0.4 is 15.4 Å². The number of amides is 2. The summed E-state index contributed by atoms with van der Waals surface area (Å²) in [6, 6.07) is 16.9. The standard InChI is InChI=1S/C30H40N2O4/c1-19(28(34)31-18-21-10-12-23(36-4)13-11-21)24-14-16-30(3)17-15-25(20(2)26(30)27(24)33)32-29(35)22-8-6-5-7-9-22/h5-13,19-20,24-27,33H,14-18H2,1-4H3,(H,31,34)(H,32,35)/t19-,20+,24+,25-,26+,27-,30-/m0/s1. The van der Waals surface area contributed by atoms with Gasteiger partial charge in [0.05, 0.1) is 13.2 Å². The van der Waals surface area contributed by atoms with E-state index in [0.29, 0.717) is 12.1 Å². The number of benzene rings is 2. The monoisotopic (exact) mass is 492 g/mol. The van der Waals surface area contributed by atoms with Gasteiger partial charge in [0.1, 0.15) is 5.75 Å². The summed E-state index contributed by atoms with van der Waals surface area (Å²) in [6.07, 6.45) is 3.10. The zero-order chi connectivity index (χ0) is 25.9. The van der Waals surface area contributed by atoms with Gasteiger partial charge in [0.25, 0.3) is 5.91 Å². The Morgan fingerprint density at radius 1 is 1.08 bits per heavy atom. The molecule has 0 saturated heterocycles. The van der Waals surface area contributed by atoms with Crippen LogP contribution >= 0.6 is 0 Å². The topological polar surface area (TPSA) is 87.7 Å². The summed E-state index contributed by atoms with van der Waals surface area (Å²) in [7, 11) is 1.63. The normalized spacial score (nSPS) is 30.5. The van der Waals surface area contributed by atoms with Crippen molar-refractivity contribution in [3.05, 3.63) is 65.7 Å². The molecule has 0 spiro atoms. The molecule has 0 radical (unpaired) electrons. The Kier molecular flexibility index (Phi) is 8.04.